The Morgan fingerprint density at radius 3 is 1.56 bits per heavy atom. The summed E-state index contributed by atoms with van der Waals surface area (Å²) < 4.78 is 8.74. The molecule has 0 spiro atoms. The Morgan fingerprint density at radius 2 is 1.56 bits per heavy atom. The summed E-state index contributed by atoms with van der Waals surface area (Å²) in [4.78, 5) is 14.3. The molecule has 56 valence electrons. The van der Waals surface area contributed by atoms with Gasteiger partial charge in [0, 0.05) is 0 Å². The highest BCUT2D eigenvalue weighted by Crippen LogP contribution is 1.98. The quantitative estimate of drug-likeness (QED) is 0.406. The van der Waals surface area contributed by atoms with Crippen LogP contribution >= 0.6 is 8.25 Å². The minimum Gasteiger partial charge on any atom is -0.326 e. The van der Waals surface area contributed by atoms with E-state index in [0.717, 1.165) is 0 Å². The molecule has 0 aliphatic carbocycles. The molecule has 0 aromatic heterocycles. The SMILES string of the molecule is CC=C(C)C.O=[PH](O)O. The molecule has 0 aliphatic heterocycles. The maximum absolute atomic E-state index is 8.74. The Labute approximate surface area is 56.0 Å². The second kappa shape index (κ2) is 7.89. The van der Waals surface area contributed by atoms with Crippen LogP contribution in [-0.2, 0) is 4.57 Å². The molecule has 4 heteroatoms. The van der Waals surface area contributed by atoms with Gasteiger partial charge >= 0.3 is 8.25 Å². The predicted octanol–water partition coefficient (Wildman–Crippen LogP) is 1.33. The lowest BCUT2D eigenvalue weighted by Crippen LogP contribution is -1.52. The van der Waals surface area contributed by atoms with Gasteiger partial charge in [0.2, 0.25) is 0 Å². The highest BCUT2D eigenvalue weighted by Gasteiger charge is 1.61. The minimum absolute atomic E-state index is 1.38. The Bertz CT molecular complexity index is 101. The molecule has 0 heterocycles. The van der Waals surface area contributed by atoms with Gasteiger partial charge < -0.3 is 9.79 Å². The third-order valence-corrected chi connectivity index (χ3v) is 0.577. The van der Waals surface area contributed by atoms with E-state index < -0.39 is 8.25 Å². The molecule has 0 unspecified atom stereocenters. The van der Waals surface area contributed by atoms with Crippen LogP contribution in [0.25, 0.3) is 0 Å². The van der Waals surface area contributed by atoms with E-state index in [9.17, 15) is 0 Å². The van der Waals surface area contributed by atoms with Gasteiger partial charge in [0.1, 0.15) is 0 Å². The van der Waals surface area contributed by atoms with Gasteiger partial charge in [-0.05, 0) is 20.8 Å². The highest BCUT2D eigenvalue weighted by molar-refractivity contribution is 7.30. The van der Waals surface area contributed by atoms with Crippen molar-refractivity contribution in [3.8, 4) is 0 Å². The van der Waals surface area contributed by atoms with Crippen LogP contribution in [0.5, 0.6) is 0 Å². The molecule has 9 heavy (non-hydrogen) atoms. The van der Waals surface area contributed by atoms with Gasteiger partial charge in [-0.25, -0.2) is 0 Å². The molecule has 0 amide bonds. The molecular formula is C5H13O3P. The number of allylic oxidation sites excluding steroid dienone is 2. The standard InChI is InChI=1S/C5H10.H3O3P/c1-4-5(2)3;1-4(2)3/h4H,1-3H3;4H,(H2,1,2,3). The Balaban J connectivity index is 0. The van der Waals surface area contributed by atoms with E-state index in [0.29, 0.717) is 0 Å². The lowest BCUT2D eigenvalue weighted by molar-refractivity contribution is 0.405. The van der Waals surface area contributed by atoms with E-state index >= 15 is 0 Å². The van der Waals surface area contributed by atoms with Crippen molar-refractivity contribution in [2.75, 3.05) is 0 Å². The lowest BCUT2D eigenvalue weighted by Gasteiger charge is -1.74. The minimum atomic E-state index is -3.13. The van der Waals surface area contributed by atoms with Gasteiger partial charge in [-0.3, -0.25) is 4.57 Å². The van der Waals surface area contributed by atoms with E-state index in [1.807, 2.05) is 6.92 Å². The molecule has 0 aromatic rings. The molecule has 0 bridgehead atoms. The van der Waals surface area contributed by atoms with Crippen LogP contribution in [-0.4, -0.2) is 9.79 Å². The molecule has 0 radical (unpaired) electrons. The number of rotatable bonds is 0. The molecule has 0 saturated carbocycles. The molecular weight excluding hydrogens is 139 g/mol. The molecule has 0 rings (SSSR count). The van der Waals surface area contributed by atoms with Crippen molar-refractivity contribution in [3.05, 3.63) is 11.6 Å². The van der Waals surface area contributed by atoms with Crippen molar-refractivity contribution >= 4 is 8.25 Å². The number of hydrogen-bond acceptors (Lipinski definition) is 1. The third kappa shape index (κ3) is 76.6. The second-order valence-electron chi connectivity index (χ2n) is 1.65. The van der Waals surface area contributed by atoms with Crippen LogP contribution in [0.4, 0.5) is 0 Å². The van der Waals surface area contributed by atoms with Crippen LogP contribution in [0.3, 0.4) is 0 Å². The van der Waals surface area contributed by atoms with Gasteiger partial charge in [0.25, 0.3) is 0 Å². The summed E-state index contributed by atoms with van der Waals surface area (Å²) in [7, 11) is -3.13. The fraction of sp³-hybridized carbons (Fsp3) is 0.600. The highest BCUT2D eigenvalue weighted by atomic mass is 31.1. The summed E-state index contributed by atoms with van der Waals surface area (Å²) >= 11 is 0. The summed E-state index contributed by atoms with van der Waals surface area (Å²) in [5.41, 5.74) is 1.38. The maximum atomic E-state index is 8.74. The van der Waals surface area contributed by atoms with E-state index in [4.69, 9.17) is 14.4 Å². The summed E-state index contributed by atoms with van der Waals surface area (Å²) in [5, 5.41) is 0. The summed E-state index contributed by atoms with van der Waals surface area (Å²) in [5.74, 6) is 0. The lowest BCUT2D eigenvalue weighted by atomic mass is 10.3. The van der Waals surface area contributed by atoms with Gasteiger partial charge in [-0.15, -0.1) is 0 Å². The zero-order valence-electron chi connectivity index (χ0n) is 5.88. The van der Waals surface area contributed by atoms with Gasteiger partial charge in [0.05, 0.1) is 0 Å². The Morgan fingerprint density at radius 1 is 1.44 bits per heavy atom. The molecule has 2 N–H and O–H groups in total. The average molecular weight is 152 g/mol. The van der Waals surface area contributed by atoms with Gasteiger partial charge in [-0.2, -0.15) is 0 Å². The van der Waals surface area contributed by atoms with Crippen molar-refractivity contribution in [1.82, 2.24) is 0 Å². The van der Waals surface area contributed by atoms with Crippen LogP contribution in [0.15, 0.2) is 11.6 Å². The van der Waals surface area contributed by atoms with Crippen LogP contribution < -0.4 is 0 Å². The van der Waals surface area contributed by atoms with Crippen molar-refractivity contribution in [2.24, 2.45) is 0 Å². The zero-order valence-corrected chi connectivity index (χ0v) is 6.88. The first kappa shape index (κ1) is 11.7. The Hall–Kier alpha value is -0.110. The Kier molecular flexibility index (Phi) is 10.2. The maximum Gasteiger partial charge on any atom is 0.314 e. The van der Waals surface area contributed by atoms with Crippen LogP contribution in [0.2, 0.25) is 0 Å². The molecule has 0 saturated heterocycles. The monoisotopic (exact) mass is 152 g/mol. The van der Waals surface area contributed by atoms with E-state index in [1.165, 1.54) is 5.57 Å². The summed E-state index contributed by atoms with van der Waals surface area (Å²) in [6.07, 6.45) is 2.08. The average Bonchev–Trinajstić information content (AvgIpc) is 1.65. The van der Waals surface area contributed by atoms with E-state index in [2.05, 4.69) is 19.9 Å². The van der Waals surface area contributed by atoms with Crippen LogP contribution in [0, 0.1) is 0 Å². The summed E-state index contributed by atoms with van der Waals surface area (Å²) in [6, 6.07) is 0. The van der Waals surface area contributed by atoms with Crippen molar-refractivity contribution in [3.63, 3.8) is 0 Å². The second-order valence-corrected chi connectivity index (χ2v) is 2.21. The molecule has 0 aliphatic rings. The van der Waals surface area contributed by atoms with Crippen molar-refractivity contribution < 1.29 is 14.4 Å². The van der Waals surface area contributed by atoms with E-state index in [1.54, 1.807) is 0 Å². The largest absolute Gasteiger partial charge is 0.326 e. The van der Waals surface area contributed by atoms with E-state index in [-0.39, 0.29) is 0 Å². The molecule has 0 aromatic carbocycles. The van der Waals surface area contributed by atoms with Gasteiger partial charge in [0.15, 0.2) is 0 Å². The van der Waals surface area contributed by atoms with Crippen molar-refractivity contribution in [2.45, 2.75) is 20.8 Å². The first-order chi connectivity index (χ1) is 4.00. The predicted molar refractivity (Wildman–Crippen MR) is 38.5 cm³/mol. The smallest absolute Gasteiger partial charge is 0.314 e. The summed E-state index contributed by atoms with van der Waals surface area (Å²) in [6.45, 7) is 6.20. The number of hydrogen-bond donors (Lipinski definition) is 2. The fourth-order valence-corrected chi connectivity index (χ4v) is 0. The normalized spacial score (nSPS) is 7.78. The molecule has 3 nitrogen and oxygen atoms in total. The fourth-order valence-electron chi connectivity index (χ4n) is 0. The topological polar surface area (TPSA) is 57.5 Å². The van der Waals surface area contributed by atoms with Crippen molar-refractivity contribution in [1.29, 1.82) is 0 Å². The van der Waals surface area contributed by atoms with Crippen LogP contribution in [0.1, 0.15) is 20.8 Å². The molecule has 0 fully saturated rings. The first-order valence-corrected chi connectivity index (χ1v) is 3.82. The van der Waals surface area contributed by atoms with Gasteiger partial charge in [-0.1, -0.05) is 11.6 Å². The first-order valence-electron chi connectivity index (χ1n) is 2.52. The third-order valence-electron chi connectivity index (χ3n) is 0.577. The molecule has 0 atom stereocenters. The zero-order chi connectivity index (χ0) is 7.86.